The molecule has 3 heteroatoms. The molecular weight excluding hydrogens is 176 g/mol. The molecule has 80 valence electrons. The van der Waals surface area contributed by atoms with Gasteiger partial charge in [-0.05, 0) is 25.8 Å². The van der Waals surface area contributed by atoms with E-state index in [1.807, 2.05) is 0 Å². The molecule has 1 unspecified atom stereocenters. The Morgan fingerprint density at radius 3 is 3.07 bits per heavy atom. The van der Waals surface area contributed by atoms with E-state index in [4.69, 9.17) is 10.00 Å². The molecule has 14 heavy (non-hydrogen) atoms. The SMILES string of the molecule is CCCOCCN1CCCC(C#N)C1. The van der Waals surface area contributed by atoms with Crippen molar-refractivity contribution in [3.8, 4) is 6.07 Å². The first-order valence-electron chi connectivity index (χ1n) is 5.56. The first-order valence-corrected chi connectivity index (χ1v) is 5.56. The van der Waals surface area contributed by atoms with Gasteiger partial charge in [0.1, 0.15) is 0 Å². The van der Waals surface area contributed by atoms with Crippen molar-refractivity contribution in [2.75, 3.05) is 32.8 Å². The fourth-order valence-electron chi connectivity index (χ4n) is 1.80. The highest BCUT2D eigenvalue weighted by molar-refractivity contribution is 4.88. The number of rotatable bonds is 5. The minimum atomic E-state index is 0.245. The van der Waals surface area contributed by atoms with Gasteiger partial charge in [-0.1, -0.05) is 6.92 Å². The summed E-state index contributed by atoms with van der Waals surface area (Å²) >= 11 is 0. The molecule has 1 aliphatic rings. The van der Waals surface area contributed by atoms with Gasteiger partial charge in [-0.15, -0.1) is 0 Å². The molecule has 1 fully saturated rings. The van der Waals surface area contributed by atoms with Crippen LogP contribution < -0.4 is 0 Å². The first-order chi connectivity index (χ1) is 6.86. The lowest BCUT2D eigenvalue weighted by Crippen LogP contribution is -2.37. The van der Waals surface area contributed by atoms with Crippen molar-refractivity contribution in [1.29, 1.82) is 5.26 Å². The van der Waals surface area contributed by atoms with Crippen LogP contribution in [0, 0.1) is 17.2 Å². The van der Waals surface area contributed by atoms with Gasteiger partial charge in [0, 0.05) is 19.7 Å². The number of likely N-dealkylation sites (tertiary alicyclic amines) is 1. The number of piperidine rings is 1. The minimum Gasteiger partial charge on any atom is -0.380 e. The van der Waals surface area contributed by atoms with Gasteiger partial charge < -0.3 is 4.74 Å². The molecule has 1 rings (SSSR count). The molecule has 0 N–H and O–H groups in total. The standard InChI is InChI=1S/C11H20N2O/c1-2-7-14-8-6-13-5-3-4-11(9-12)10-13/h11H,2-8,10H2,1H3. The van der Waals surface area contributed by atoms with Crippen LogP contribution in [0.4, 0.5) is 0 Å². The molecule has 0 bridgehead atoms. The second-order valence-electron chi connectivity index (χ2n) is 3.88. The van der Waals surface area contributed by atoms with Crippen molar-refractivity contribution in [3.05, 3.63) is 0 Å². The predicted octanol–water partition coefficient (Wildman–Crippen LogP) is 1.65. The number of hydrogen-bond donors (Lipinski definition) is 0. The van der Waals surface area contributed by atoms with Crippen molar-refractivity contribution in [2.45, 2.75) is 26.2 Å². The summed E-state index contributed by atoms with van der Waals surface area (Å²) in [7, 11) is 0. The lowest BCUT2D eigenvalue weighted by atomic mass is 10.00. The van der Waals surface area contributed by atoms with E-state index in [0.717, 1.165) is 52.1 Å². The van der Waals surface area contributed by atoms with Crippen molar-refractivity contribution in [2.24, 2.45) is 5.92 Å². The van der Waals surface area contributed by atoms with E-state index in [1.165, 1.54) is 0 Å². The molecule has 0 aromatic heterocycles. The molecule has 3 nitrogen and oxygen atoms in total. The Balaban J connectivity index is 2.09. The summed E-state index contributed by atoms with van der Waals surface area (Å²) in [6.45, 7) is 6.84. The Kier molecular flexibility index (Phi) is 5.58. The molecule has 0 radical (unpaired) electrons. The summed E-state index contributed by atoms with van der Waals surface area (Å²) in [5.74, 6) is 0.245. The second kappa shape index (κ2) is 6.80. The van der Waals surface area contributed by atoms with E-state index in [-0.39, 0.29) is 5.92 Å². The highest BCUT2D eigenvalue weighted by Gasteiger charge is 2.18. The molecule has 1 heterocycles. The topological polar surface area (TPSA) is 36.3 Å². The smallest absolute Gasteiger partial charge is 0.0669 e. The summed E-state index contributed by atoms with van der Waals surface area (Å²) < 4.78 is 5.43. The quantitative estimate of drug-likeness (QED) is 0.627. The van der Waals surface area contributed by atoms with Crippen molar-refractivity contribution in [1.82, 2.24) is 4.90 Å². The Morgan fingerprint density at radius 1 is 1.50 bits per heavy atom. The van der Waals surface area contributed by atoms with E-state index in [0.29, 0.717) is 0 Å². The zero-order valence-electron chi connectivity index (χ0n) is 9.04. The Hall–Kier alpha value is -0.590. The molecule has 0 amide bonds. The molecule has 0 aliphatic carbocycles. The van der Waals surface area contributed by atoms with Crippen molar-refractivity contribution >= 4 is 0 Å². The van der Waals surface area contributed by atoms with Crippen LogP contribution in [0.2, 0.25) is 0 Å². The normalized spacial score (nSPS) is 23.3. The lowest BCUT2D eigenvalue weighted by Gasteiger charge is -2.29. The molecule has 1 saturated heterocycles. The molecule has 0 saturated carbocycles. The number of ether oxygens (including phenoxy) is 1. The average Bonchev–Trinajstić information content (AvgIpc) is 2.25. The second-order valence-corrected chi connectivity index (χ2v) is 3.88. The number of nitriles is 1. The Morgan fingerprint density at radius 2 is 2.36 bits per heavy atom. The van der Waals surface area contributed by atoms with Gasteiger partial charge in [-0.25, -0.2) is 0 Å². The van der Waals surface area contributed by atoms with Crippen LogP contribution in [0.3, 0.4) is 0 Å². The van der Waals surface area contributed by atoms with E-state index in [2.05, 4.69) is 17.9 Å². The van der Waals surface area contributed by atoms with Gasteiger partial charge >= 0.3 is 0 Å². The van der Waals surface area contributed by atoms with Gasteiger partial charge in [0.2, 0.25) is 0 Å². The van der Waals surface area contributed by atoms with E-state index in [1.54, 1.807) is 0 Å². The van der Waals surface area contributed by atoms with Crippen LogP contribution in [0.25, 0.3) is 0 Å². The monoisotopic (exact) mass is 196 g/mol. The van der Waals surface area contributed by atoms with E-state index >= 15 is 0 Å². The summed E-state index contributed by atoms with van der Waals surface area (Å²) in [6.07, 6.45) is 3.32. The maximum absolute atomic E-state index is 8.81. The number of hydrogen-bond acceptors (Lipinski definition) is 3. The van der Waals surface area contributed by atoms with Gasteiger partial charge in [-0.3, -0.25) is 4.90 Å². The molecule has 0 aromatic carbocycles. The van der Waals surface area contributed by atoms with Gasteiger partial charge in [0.05, 0.1) is 18.6 Å². The minimum absolute atomic E-state index is 0.245. The summed E-state index contributed by atoms with van der Waals surface area (Å²) in [5.41, 5.74) is 0. The maximum Gasteiger partial charge on any atom is 0.0669 e. The van der Waals surface area contributed by atoms with Gasteiger partial charge in [-0.2, -0.15) is 5.26 Å². The largest absolute Gasteiger partial charge is 0.380 e. The zero-order valence-corrected chi connectivity index (χ0v) is 9.04. The highest BCUT2D eigenvalue weighted by Crippen LogP contribution is 2.14. The maximum atomic E-state index is 8.81. The summed E-state index contributed by atoms with van der Waals surface area (Å²) in [6, 6.07) is 2.35. The van der Waals surface area contributed by atoms with Gasteiger partial charge in [0.25, 0.3) is 0 Å². The van der Waals surface area contributed by atoms with Gasteiger partial charge in [0.15, 0.2) is 0 Å². The Bertz CT molecular complexity index is 188. The van der Waals surface area contributed by atoms with Crippen molar-refractivity contribution in [3.63, 3.8) is 0 Å². The molecule has 1 aliphatic heterocycles. The molecule has 0 spiro atoms. The zero-order chi connectivity index (χ0) is 10.2. The third-order valence-electron chi connectivity index (χ3n) is 2.59. The molecule has 0 aromatic rings. The first kappa shape index (κ1) is 11.5. The summed E-state index contributed by atoms with van der Waals surface area (Å²) in [4.78, 5) is 2.34. The van der Waals surface area contributed by atoms with E-state index < -0.39 is 0 Å². The third-order valence-corrected chi connectivity index (χ3v) is 2.59. The van der Waals surface area contributed by atoms with Crippen LogP contribution in [-0.4, -0.2) is 37.7 Å². The lowest BCUT2D eigenvalue weighted by molar-refractivity contribution is 0.0911. The van der Waals surface area contributed by atoms with Crippen LogP contribution in [0.15, 0.2) is 0 Å². The fraction of sp³-hybridized carbons (Fsp3) is 0.909. The number of nitrogens with zero attached hydrogens (tertiary/aromatic N) is 2. The van der Waals surface area contributed by atoms with Crippen LogP contribution in [0.1, 0.15) is 26.2 Å². The molecular formula is C11H20N2O. The summed E-state index contributed by atoms with van der Waals surface area (Å²) in [5, 5.41) is 8.81. The predicted molar refractivity (Wildman–Crippen MR) is 55.9 cm³/mol. The fourth-order valence-corrected chi connectivity index (χ4v) is 1.80. The van der Waals surface area contributed by atoms with Crippen LogP contribution >= 0.6 is 0 Å². The highest BCUT2D eigenvalue weighted by atomic mass is 16.5. The van der Waals surface area contributed by atoms with Crippen molar-refractivity contribution < 1.29 is 4.74 Å². The Labute approximate surface area is 86.6 Å². The molecule has 1 atom stereocenters. The van der Waals surface area contributed by atoms with Crippen LogP contribution in [0.5, 0.6) is 0 Å². The third kappa shape index (κ3) is 4.08. The van der Waals surface area contributed by atoms with E-state index in [9.17, 15) is 0 Å². The van der Waals surface area contributed by atoms with Crippen LogP contribution in [-0.2, 0) is 4.74 Å². The average molecular weight is 196 g/mol.